The number of halogens is 1. The molecule has 1 aromatic carbocycles. The van der Waals surface area contributed by atoms with Crippen LogP contribution in [0.2, 0.25) is 0 Å². The minimum absolute atomic E-state index is 0.176. The van der Waals surface area contributed by atoms with Crippen molar-refractivity contribution in [3.8, 4) is 0 Å². The lowest BCUT2D eigenvalue weighted by Gasteiger charge is -2.09. The molecule has 0 amide bonds. The molecule has 0 unspecified atom stereocenters. The SMILES string of the molecule is O=C(O)c1ccccc1Nc1ncnc2c1ncn2CCCCCCl. The molecule has 0 saturated carbocycles. The van der Waals surface area contributed by atoms with Crippen molar-refractivity contribution >= 4 is 40.2 Å². The highest BCUT2D eigenvalue weighted by molar-refractivity contribution is 6.17. The van der Waals surface area contributed by atoms with Gasteiger partial charge < -0.3 is 15.0 Å². The van der Waals surface area contributed by atoms with Gasteiger partial charge in [-0.2, -0.15) is 0 Å². The van der Waals surface area contributed by atoms with Crippen LogP contribution in [0, 0.1) is 0 Å². The van der Waals surface area contributed by atoms with E-state index >= 15 is 0 Å². The molecule has 2 aromatic heterocycles. The summed E-state index contributed by atoms with van der Waals surface area (Å²) in [6.07, 6.45) is 6.21. The van der Waals surface area contributed by atoms with Gasteiger partial charge in [-0.1, -0.05) is 18.6 Å². The van der Waals surface area contributed by atoms with Crippen molar-refractivity contribution < 1.29 is 9.90 Å². The molecule has 0 atom stereocenters. The lowest BCUT2D eigenvalue weighted by atomic mass is 10.2. The summed E-state index contributed by atoms with van der Waals surface area (Å²) >= 11 is 5.70. The quantitative estimate of drug-likeness (QED) is 0.470. The average Bonchev–Trinajstić information content (AvgIpc) is 3.03. The number of carboxylic acid groups (broad SMARTS) is 1. The number of rotatable bonds is 8. The van der Waals surface area contributed by atoms with Crippen LogP contribution in [0.15, 0.2) is 36.9 Å². The van der Waals surface area contributed by atoms with Crippen molar-refractivity contribution in [1.82, 2.24) is 19.5 Å². The van der Waals surface area contributed by atoms with Crippen LogP contribution in [-0.2, 0) is 6.54 Å². The Labute approximate surface area is 149 Å². The van der Waals surface area contributed by atoms with E-state index in [-0.39, 0.29) is 5.56 Å². The summed E-state index contributed by atoms with van der Waals surface area (Å²) in [5.41, 5.74) is 1.97. The van der Waals surface area contributed by atoms with Gasteiger partial charge in [-0.05, 0) is 25.0 Å². The molecule has 0 aliphatic carbocycles. The molecule has 0 spiro atoms. The number of anilines is 2. The molecule has 3 rings (SSSR count). The molecule has 7 nitrogen and oxygen atoms in total. The molecular formula is C17H18ClN5O2. The smallest absolute Gasteiger partial charge is 0.337 e. The zero-order chi connectivity index (χ0) is 17.6. The maximum Gasteiger partial charge on any atom is 0.337 e. The van der Waals surface area contributed by atoms with Gasteiger partial charge in [0, 0.05) is 12.4 Å². The number of carboxylic acids is 1. The molecule has 8 heteroatoms. The van der Waals surface area contributed by atoms with E-state index in [1.54, 1.807) is 30.6 Å². The van der Waals surface area contributed by atoms with Gasteiger partial charge in [-0.25, -0.2) is 19.7 Å². The van der Waals surface area contributed by atoms with Crippen molar-refractivity contribution in [2.24, 2.45) is 0 Å². The van der Waals surface area contributed by atoms with Crippen LogP contribution >= 0.6 is 11.6 Å². The van der Waals surface area contributed by atoms with Crippen molar-refractivity contribution in [2.75, 3.05) is 11.2 Å². The number of benzene rings is 1. The number of unbranched alkanes of at least 4 members (excludes halogenated alkanes) is 2. The van der Waals surface area contributed by atoms with Crippen molar-refractivity contribution in [2.45, 2.75) is 25.8 Å². The van der Waals surface area contributed by atoms with Gasteiger partial charge in [-0.3, -0.25) is 0 Å². The molecule has 0 bridgehead atoms. The second-order valence-electron chi connectivity index (χ2n) is 5.56. The summed E-state index contributed by atoms with van der Waals surface area (Å²) in [6, 6.07) is 6.68. The highest BCUT2D eigenvalue weighted by Gasteiger charge is 2.14. The van der Waals surface area contributed by atoms with Crippen LogP contribution in [0.4, 0.5) is 11.5 Å². The van der Waals surface area contributed by atoms with Crippen LogP contribution in [0.1, 0.15) is 29.6 Å². The first kappa shape index (κ1) is 17.2. The van der Waals surface area contributed by atoms with Gasteiger partial charge >= 0.3 is 5.97 Å². The number of aryl methyl sites for hydroxylation is 1. The van der Waals surface area contributed by atoms with Crippen LogP contribution in [-0.4, -0.2) is 36.5 Å². The van der Waals surface area contributed by atoms with E-state index in [0.717, 1.165) is 31.5 Å². The van der Waals surface area contributed by atoms with E-state index in [9.17, 15) is 9.90 Å². The third-order valence-electron chi connectivity index (χ3n) is 3.84. The van der Waals surface area contributed by atoms with Crippen molar-refractivity contribution in [3.63, 3.8) is 0 Å². The van der Waals surface area contributed by atoms with Crippen LogP contribution in [0.3, 0.4) is 0 Å². The summed E-state index contributed by atoms with van der Waals surface area (Å²) in [5.74, 6) is 0.153. The van der Waals surface area contributed by atoms with E-state index in [4.69, 9.17) is 11.6 Å². The Bertz CT molecular complexity index is 880. The van der Waals surface area contributed by atoms with Gasteiger partial charge in [0.2, 0.25) is 0 Å². The Kier molecular flexibility index (Phi) is 5.45. The molecular weight excluding hydrogens is 342 g/mol. The lowest BCUT2D eigenvalue weighted by Crippen LogP contribution is -2.04. The average molecular weight is 360 g/mol. The number of aromatic nitrogens is 4. The third-order valence-corrected chi connectivity index (χ3v) is 4.11. The topological polar surface area (TPSA) is 92.9 Å². The highest BCUT2D eigenvalue weighted by atomic mass is 35.5. The Morgan fingerprint density at radius 1 is 1.16 bits per heavy atom. The summed E-state index contributed by atoms with van der Waals surface area (Å²) in [7, 11) is 0. The van der Waals surface area contributed by atoms with Crippen molar-refractivity contribution in [1.29, 1.82) is 0 Å². The van der Waals surface area contributed by atoms with Crippen LogP contribution in [0.25, 0.3) is 11.2 Å². The Morgan fingerprint density at radius 3 is 2.80 bits per heavy atom. The number of para-hydroxylation sites is 1. The van der Waals surface area contributed by atoms with Gasteiger partial charge in [-0.15, -0.1) is 11.6 Å². The summed E-state index contributed by atoms with van der Waals surface area (Å²) in [6.45, 7) is 0.801. The first-order valence-corrected chi connectivity index (χ1v) is 8.55. The number of hydrogen-bond donors (Lipinski definition) is 2. The Morgan fingerprint density at radius 2 is 2.00 bits per heavy atom. The molecule has 0 aliphatic heterocycles. The zero-order valence-corrected chi connectivity index (χ0v) is 14.3. The van der Waals surface area contributed by atoms with Gasteiger partial charge in [0.25, 0.3) is 0 Å². The standard InChI is InChI=1S/C17H18ClN5O2/c18-8-4-1-5-9-23-11-21-14-15(19-10-20-16(14)23)22-13-7-3-2-6-12(13)17(24)25/h2-3,6-7,10-11H,1,4-5,8-9H2,(H,24,25)(H,19,20,22). The number of alkyl halides is 1. The fourth-order valence-corrected chi connectivity index (χ4v) is 2.78. The molecule has 0 saturated heterocycles. The van der Waals surface area contributed by atoms with Crippen LogP contribution < -0.4 is 5.32 Å². The fraction of sp³-hybridized carbons (Fsp3) is 0.294. The van der Waals surface area contributed by atoms with Crippen molar-refractivity contribution in [3.05, 3.63) is 42.5 Å². The molecule has 25 heavy (non-hydrogen) atoms. The number of nitrogens with zero attached hydrogens (tertiary/aromatic N) is 4. The van der Waals surface area contributed by atoms with Crippen LogP contribution in [0.5, 0.6) is 0 Å². The Balaban J connectivity index is 1.86. The van der Waals surface area contributed by atoms with Gasteiger partial charge in [0.05, 0.1) is 17.6 Å². The molecule has 0 fully saturated rings. The number of hydrogen-bond acceptors (Lipinski definition) is 5. The zero-order valence-electron chi connectivity index (χ0n) is 13.5. The second-order valence-corrected chi connectivity index (χ2v) is 5.94. The number of carbonyl (C=O) groups is 1. The van der Waals surface area contributed by atoms with E-state index in [2.05, 4.69) is 20.3 Å². The monoisotopic (exact) mass is 359 g/mol. The molecule has 130 valence electrons. The predicted octanol–water partition coefficient (Wildman–Crippen LogP) is 3.68. The first-order valence-electron chi connectivity index (χ1n) is 8.02. The van der Waals surface area contributed by atoms with Gasteiger partial charge in [0.15, 0.2) is 17.0 Å². The van der Waals surface area contributed by atoms with E-state index in [1.807, 2.05) is 4.57 Å². The minimum atomic E-state index is -1.00. The van der Waals surface area contributed by atoms with E-state index in [0.29, 0.717) is 22.9 Å². The minimum Gasteiger partial charge on any atom is -0.478 e. The van der Waals surface area contributed by atoms with E-state index < -0.39 is 5.97 Å². The second kappa shape index (κ2) is 7.94. The molecule has 2 N–H and O–H groups in total. The normalized spacial score (nSPS) is 10.9. The summed E-state index contributed by atoms with van der Waals surface area (Å²) in [5, 5.41) is 12.4. The largest absolute Gasteiger partial charge is 0.478 e. The molecule has 3 aromatic rings. The molecule has 2 heterocycles. The summed E-state index contributed by atoms with van der Waals surface area (Å²) < 4.78 is 1.97. The lowest BCUT2D eigenvalue weighted by molar-refractivity contribution is 0.0698. The van der Waals surface area contributed by atoms with Gasteiger partial charge in [0.1, 0.15) is 6.33 Å². The Hall–Kier alpha value is -2.67. The third kappa shape index (κ3) is 3.88. The number of imidazole rings is 1. The first-order chi connectivity index (χ1) is 12.2. The highest BCUT2D eigenvalue weighted by Crippen LogP contribution is 2.24. The molecule has 0 aliphatic rings. The summed E-state index contributed by atoms with van der Waals surface area (Å²) in [4.78, 5) is 24.3. The number of fused-ring (bicyclic) bond motifs is 1. The molecule has 0 radical (unpaired) electrons. The number of nitrogens with one attached hydrogen (secondary N) is 1. The fourth-order valence-electron chi connectivity index (χ4n) is 2.60. The maximum absolute atomic E-state index is 11.3. The van der Waals surface area contributed by atoms with E-state index in [1.165, 1.54) is 6.33 Å². The number of aromatic carboxylic acids is 1. The predicted molar refractivity (Wildman–Crippen MR) is 96.6 cm³/mol. The maximum atomic E-state index is 11.3.